The molecule has 36 heavy (non-hydrogen) atoms. The minimum absolute atomic E-state index is 0.0688. The maximum atomic E-state index is 13.5. The molecular weight excluding hydrogens is 452 g/mol. The molecule has 1 heterocycles. The van der Waals surface area contributed by atoms with Crippen LogP contribution in [0.25, 0.3) is 0 Å². The second-order valence-corrected chi connectivity index (χ2v) is 11.2. The maximum absolute atomic E-state index is 13.5. The largest absolute Gasteiger partial charge is 0.507 e. The molecule has 2 aromatic carbocycles. The average Bonchev–Trinajstić information content (AvgIpc) is 3.08. The number of amides is 1. The lowest BCUT2D eigenvalue weighted by molar-refractivity contribution is 0.0942. The lowest BCUT2D eigenvalue weighted by Gasteiger charge is -2.28. The molecule has 0 atom stereocenters. The molecule has 0 aliphatic heterocycles. The Morgan fingerprint density at radius 3 is 2.03 bits per heavy atom. The van der Waals surface area contributed by atoms with Gasteiger partial charge in [0.1, 0.15) is 11.4 Å². The van der Waals surface area contributed by atoms with Gasteiger partial charge in [-0.25, -0.2) is 0 Å². The number of benzene rings is 2. The zero-order valence-electron chi connectivity index (χ0n) is 22.4. The van der Waals surface area contributed by atoms with E-state index in [0.29, 0.717) is 35.5 Å². The number of hydrogen-bond donors (Lipinski definition) is 3. The minimum Gasteiger partial charge on any atom is -0.507 e. The first-order chi connectivity index (χ1) is 16.7. The van der Waals surface area contributed by atoms with Crippen molar-refractivity contribution in [1.82, 2.24) is 14.5 Å². The van der Waals surface area contributed by atoms with Gasteiger partial charge in [0.15, 0.2) is 5.78 Å². The molecule has 0 fully saturated rings. The summed E-state index contributed by atoms with van der Waals surface area (Å²) in [5.41, 5.74) is 2.52. The van der Waals surface area contributed by atoms with Crippen molar-refractivity contribution in [3.8, 4) is 5.75 Å². The molecule has 0 spiro atoms. The third kappa shape index (κ3) is 5.78. The molecule has 1 aromatic heterocycles. The SMILES string of the molecule is CCNC(=O)c1cn(CC(=O)c2cc(C(C)(C)C)c(O)c(C(C)(C)C)c2)c(=N)n1Cc1ccccc1. The van der Waals surface area contributed by atoms with Gasteiger partial charge in [0, 0.05) is 29.4 Å². The molecule has 0 bridgehead atoms. The van der Waals surface area contributed by atoms with Gasteiger partial charge in [-0.15, -0.1) is 0 Å². The van der Waals surface area contributed by atoms with Crippen molar-refractivity contribution in [2.24, 2.45) is 0 Å². The Morgan fingerprint density at radius 2 is 1.53 bits per heavy atom. The third-order valence-corrected chi connectivity index (χ3v) is 6.21. The van der Waals surface area contributed by atoms with Crippen LogP contribution in [0.5, 0.6) is 5.75 Å². The Bertz CT molecular complexity index is 1280. The average molecular weight is 491 g/mol. The topological polar surface area (TPSA) is 100 Å². The van der Waals surface area contributed by atoms with Gasteiger partial charge in [-0.2, -0.15) is 0 Å². The fourth-order valence-electron chi connectivity index (χ4n) is 4.21. The van der Waals surface area contributed by atoms with Crippen LogP contribution in [0.4, 0.5) is 0 Å². The number of Topliss-reactive ketones (excluding diaryl/α,β-unsaturated/α-hetero) is 1. The second kappa shape index (κ2) is 10.2. The van der Waals surface area contributed by atoms with Crippen molar-refractivity contribution in [2.45, 2.75) is 72.4 Å². The lowest BCUT2D eigenvalue weighted by atomic mass is 9.78. The summed E-state index contributed by atoms with van der Waals surface area (Å²) in [6.07, 6.45) is 1.57. The van der Waals surface area contributed by atoms with Crippen LogP contribution in [0.3, 0.4) is 0 Å². The number of aromatic nitrogens is 2. The van der Waals surface area contributed by atoms with Crippen LogP contribution in [-0.2, 0) is 23.9 Å². The number of carbonyl (C=O) groups is 2. The van der Waals surface area contributed by atoms with Crippen LogP contribution >= 0.6 is 0 Å². The van der Waals surface area contributed by atoms with Crippen molar-refractivity contribution >= 4 is 11.7 Å². The fourth-order valence-corrected chi connectivity index (χ4v) is 4.21. The van der Waals surface area contributed by atoms with Gasteiger partial charge in [0.25, 0.3) is 5.91 Å². The molecule has 3 N–H and O–H groups in total. The van der Waals surface area contributed by atoms with Gasteiger partial charge in [0.2, 0.25) is 5.62 Å². The Hall–Kier alpha value is -3.61. The van der Waals surface area contributed by atoms with Crippen molar-refractivity contribution < 1.29 is 14.7 Å². The number of phenols is 1. The molecule has 7 nitrogen and oxygen atoms in total. The van der Waals surface area contributed by atoms with Crippen molar-refractivity contribution in [1.29, 1.82) is 5.41 Å². The molecule has 3 rings (SSSR count). The molecule has 0 aliphatic carbocycles. The normalized spacial score (nSPS) is 12.0. The fraction of sp³-hybridized carbons (Fsp3) is 0.414. The number of nitrogens with zero attached hydrogens (tertiary/aromatic N) is 2. The van der Waals surface area contributed by atoms with E-state index in [1.165, 1.54) is 4.57 Å². The molecular formula is C29H38N4O3. The number of rotatable bonds is 7. The smallest absolute Gasteiger partial charge is 0.269 e. The first-order valence-corrected chi connectivity index (χ1v) is 12.3. The van der Waals surface area contributed by atoms with Gasteiger partial charge in [-0.1, -0.05) is 71.9 Å². The van der Waals surface area contributed by atoms with E-state index in [9.17, 15) is 14.7 Å². The highest BCUT2D eigenvalue weighted by atomic mass is 16.3. The third-order valence-electron chi connectivity index (χ3n) is 6.21. The van der Waals surface area contributed by atoms with Crippen LogP contribution in [0.15, 0.2) is 48.7 Å². The predicted molar refractivity (Wildman–Crippen MR) is 142 cm³/mol. The molecule has 7 heteroatoms. The molecule has 1 amide bonds. The van der Waals surface area contributed by atoms with Crippen molar-refractivity contribution in [3.63, 3.8) is 0 Å². The molecule has 0 unspecified atom stereocenters. The van der Waals surface area contributed by atoms with Crippen LogP contribution in [0, 0.1) is 5.41 Å². The summed E-state index contributed by atoms with van der Waals surface area (Å²) >= 11 is 0. The van der Waals surface area contributed by atoms with Crippen molar-refractivity contribution in [2.75, 3.05) is 6.54 Å². The molecule has 3 aromatic rings. The quantitative estimate of drug-likeness (QED) is 0.417. The summed E-state index contributed by atoms with van der Waals surface area (Å²) in [4.78, 5) is 26.3. The zero-order chi connectivity index (χ0) is 26.8. The minimum atomic E-state index is -0.363. The highest BCUT2D eigenvalue weighted by Gasteiger charge is 2.28. The van der Waals surface area contributed by atoms with E-state index in [4.69, 9.17) is 5.41 Å². The number of ketones is 1. The van der Waals surface area contributed by atoms with Crippen LogP contribution in [0.2, 0.25) is 0 Å². The maximum Gasteiger partial charge on any atom is 0.269 e. The highest BCUT2D eigenvalue weighted by molar-refractivity contribution is 5.97. The van der Waals surface area contributed by atoms with Gasteiger partial charge in [0.05, 0.1) is 13.1 Å². The first-order valence-electron chi connectivity index (χ1n) is 12.3. The lowest BCUT2D eigenvalue weighted by Crippen LogP contribution is -2.31. The van der Waals surface area contributed by atoms with E-state index in [1.54, 1.807) is 22.9 Å². The van der Waals surface area contributed by atoms with E-state index in [1.807, 2.05) is 78.8 Å². The van der Waals surface area contributed by atoms with E-state index >= 15 is 0 Å². The number of nitrogens with one attached hydrogen (secondary N) is 2. The van der Waals surface area contributed by atoms with E-state index < -0.39 is 0 Å². The molecule has 192 valence electrons. The van der Waals surface area contributed by atoms with Crippen molar-refractivity contribution in [3.05, 3.63) is 82.2 Å². The summed E-state index contributed by atoms with van der Waals surface area (Å²) < 4.78 is 3.13. The number of aromatic hydroxyl groups is 1. The summed E-state index contributed by atoms with van der Waals surface area (Å²) in [6.45, 7) is 14.6. The van der Waals surface area contributed by atoms with E-state index in [2.05, 4.69) is 5.32 Å². The summed E-state index contributed by atoms with van der Waals surface area (Å²) in [5.74, 6) is -0.264. The molecule has 0 saturated carbocycles. The molecule has 0 aliphatic rings. The van der Waals surface area contributed by atoms with Crippen LogP contribution in [0.1, 0.15) is 86.0 Å². The molecule has 0 radical (unpaired) electrons. The van der Waals surface area contributed by atoms with Crippen LogP contribution in [-0.4, -0.2) is 32.5 Å². The summed E-state index contributed by atoms with van der Waals surface area (Å²) in [7, 11) is 0. The van der Waals surface area contributed by atoms with E-state index in [0.717, 1.165) is 5.56 Å². The monoisotopic (exact) mass is 490 g/mol. The number of carbonyl (C=O) groups excluding carboxylic acids is 2. The number of imidazole rings is 1. The van der Waals surface area contributed by atoms with Crippen LogP contribution < -0.4 is 10.9 Å². The van der Waals surface area contributed by atoms with E-state index in [-0.39, 0.29) is 40.4 Å². The zero-order valence-corrected chi connectivity index (χ0v) is 22.4. The highest BCUT2D eigenvalue weighted by Crippen LogP contribution is 2.39. The molecule has 0 saturated heterocycles. The first kappa shape index (κ1) is 27.0. The van der Waals surface area contributed by atoms with Gasteiger partial charge in [-0.3, -0.25) is 15.0 Å². The Morgan fingerprint density at radius 1 is 0.972 bits per heavy atom. The number of hydrogen-bond acceptors (Lipinski definition) is 4. The Balaban J connectivity index is 2.06. The van der Waals surface area contributed by atoms with Gasteiger partial charge >= 0.3 is 0 Å². The number of phenolic OH excluding ortho intramolecular Hbond substituents is 1. The summed E-state index contributed by atoms with van der Waals surface area (Å²) in [5, 5.41) is 22.6. The predicted octanol–water partition coefficient (Wildman–Crippen LogP) is 4.75. The Kier molecular flexibility index (Phi) is 7.62. The second-order valence-electron chi connectivity index (χ2n) is 11.2. The standard InChI is InChI=1S/C29H38N4O3/c1-8-31-26(36)23-17-32(27(30)33(23)16-19-12-10-9-11-13-19)18-24(34)20-14-21(28(2,3)4)25(35)22(15-20)29(5,6)7/h9-15,17,30,35H,8,16,18H2,1-7H3,(H,31,36). The Labute approximate surface area is 213 Å². The van der Waals surface area contributed by atoms with Gasteiger partial charge < -0.3 is 19.6 Å². The summed E-state index contributed by atoms with van der Waals surface area (Å²) in [6, 6.07) is 13.1. The van der Waals surface area contributed by atoms with Gasteiger partial charge in [-0.05, 0) is 35.4 Å².